The number of sulfonamides is 1. The van der Waals surface area contributed by atoms with Gasteiger partial charge in [-0.3, -0.25) is 9.52 Å². The molecule has 0 aromatic carbocycles. The van der Waals surface area contributed by atoms with E-state index in [-0.39, 0.29) is 16.9 Å². The fourth-order valence-corrected chi connectivity index (χ4v) is 4.25. The predicted octanol–water partition coefficient (Wildman–Crippen LogP) is 1.44. The van der Waals surface area contributed by atoms with Crippen molar-refractivity contribution in [2.24, 2.45) is 17.6 Å². The Hall–Kier alpha value is -2.62. The highest BCUT2D eigenvalue weighted by Gasteiger charge is 2.25. The largest absolute Gasteiger partial charge is 0.369 e. The number of hydrogen-bond donors (Lipinski definition) is 2. The van der Waals surface area contributed by atoms with Crippen LogP contribution in [0.5, 0.6) is 0 Å². The molecule has 1 amide bonds. The molecule has 28 heavy (non-hydrogen) atoms. The van der Waals surface area contributed by atoms with Crippen molar-refractivity contribution >= 4 is 27.4 Å². The molecule has 0 saturated carbocycles. The Labute approximate surface area is 165 Å². The lowest BCUT2D eigenvalue weighted by molar-refractivity contribution is -0.122. The van der Waals surface area contributed by atoms with Gasteiger partial charge in [0.25, 0.3) is 10.0 Å². The van der Waals surface area contributed by atoms with Gasteiger partial charge in [-0.1, -0.05) is 13.8 Å². The van der Waals surface area contributed by atoms with E-state index < -0.39 is 10.0 Å². The highest BCUT2D eigenvalue weighted by Crippen LogP contribution is 2.23. The second-order valence-electron chi connectivity index (χ2n) is 7.50. The number of carbonyl (C=O) groups is 1. The number of anilines is 2. The Morgan fingerprint density at radius 3 is 2.79 bits per heavy atom. The molecule has 3 heterocycles. The zero-order valence-corrected chi connectivity index (χ0v) is 16.9. The van der Waals surface area contributed by atoms with E-state index in [9.17, 15) is 13.2 Å². The van der Waals surface area contributed by atoms with Crippen molar-refractivity contribution in [1.82, 2.24) is 14.5 Å². The third kappa shape index (κ3) is 4.80. The number of nitrogens with zero attached hydrogens (tertiary/aromatic N) is 4. The molecule has 0 spiro atoms. The monoisotopic (exact) mass is 406 g/mol. The lowest BCUT2D eigenvalue weighted by Crippen LogP contribution is -2.41. The Bertz CT molecular complexity index is 923. The number of hydrogen-bond acceptors (Lipinski definition) is 6. The first kappa shape index (κ1) is 20.1. The first-order valence-corrected chi connectivity index (χ1v) is 10.8. The second-order valence-corrected chi connectivity index (χ2v) is 9.13. The fraction of sp³-hybridized carbons (Fsp3) is 0.500. The summed E-state index contributed by atoms with van der Waals surface area (Å²) in [5.74, 6) is 0.592. The SMILES string of the molecule is CC(C)Cn1cnc(S(=O)(=O)Nc2ccc(N3CCCC(C(N)=O)C3)nc2)c1. The Kier molecular flexibility index (Phi) is 5.87. The summed E-state index contributed by atoms with van der Waals surface area (Å²) < 4.78 is 29.3. The number of nitrogens with one attached hydrogen (secondary N) is 1. The number of primary amides is 1. The summed E-state index contributed by atoms with van der Waals surface area (Å²) in [6, 6.07) is 3.39. The van der Waals surface area contributed by atoms with Crippen LogP contribution in [0.25, 0.3) is 0 Å². The van der Waals surface area contributed by atoms with Gasteiger partial charge >= 0.3 is 0 Å². The number of amides is 1. The van der Waals surface area contributed by atoms with E-state index in [2.05, 4.69) is 14.7 Å². The number of pyridine rings is 1. The third-order valence-corrected chi connectivity index (χ3v) is 5.87. The quantitative estimate of drug-likeness (QED) is 0.717. The van der Waals surface area contributed by atoms with Gasteiger partial charge in [0.05, 0.1) is 24.1 Å². The van der Waals surface area contributed by atoms with E-state index in [0.29, 0.717) is 30.5 Å². The average Bonchev–Trinajstić information content (AvgIpc) is 3.11. The van der Waals surface area contributed by atoms with Crippen molar-refractivity contribution in [2.75, 3.05) is 22.7 Å². The molecule has 3 N–H and O–H groups in total. The van der Waals surface area contributed by atoms with Gasteiger partial charge in [0.1, 0.15) is 5.82 Å². The van der Waals surface area contributed by atoms with Crippen LogP contribution in [0, 0.1) is 11.8 Å². The van der Waals surface area contributed by atoms with Gasteiger partial charge in [0.15, 0.2) is 5.03 Å². The highest BCUT2D eigenvalue weighted by atomic mass is 32.2. The van der Waals surface area contributed by atoms with E-state index in [1.165, 1.54) is 18.7 Å². The molecule has 0 aliphatic carbocycles. The maximum Gasteiger partial charge on any atom is 0.280 e. The summed E-state index contributed by atoms with van der Waals surface area (Å²) >= 11 is 0. The molecule has 1 atom stereocenters. The van der Waals surface area contributed by atoms with E-state index >= 15 is 0 Å². The molecule has 2 aromatic rings. The van der Waals surface area contributed by atoms with Gasteiger partial charge in [0, 0.05) is 25.8 Å². The van der Waals surface area contributed by atoms with Crippen LogP contribution >= 0.6 is 0 Å². The van der Waals surface area contributed by atoms with E-state index in [4.69, 9.17) is 5.73 Å². The Morgan fingerprint density at radius 1 is 1.36 bits per heavy atom. The lowest BCUT2D eigenvalue weighted by atomic mass is 9.97. The normalized spacial score (nSPS) is 17.7. The van der Waals surface area contributed by atoms with Crippen LogP contribution in [-0.2, 0) is 21.4 Å². The molecule has 1 saturated heterocycles. The molecule has 3 rings (SSSR count). The minimum Gasteiger partial charge on any atom is -0.369 e. The summed E-state index contributed by atoms with van der Waals surface area (Å²) in [5.41, 5.74) is 5.77. The number of rotatable bonds is 7. The number of piperidine rings is 1. The van der Waals surface area contributed by atoms with Crippen LogP contribution < -0.4 is 15.4 Å². The van der Waals surface area contributed by atoms with Gasteiger partial charge in [-0.2, -0.15) is 8.42 Å². The van der Waals surface area contributed by atoms with Gasteiger partial charge in [-0.05, 0) is 30.9 Å². The molecule has 1 aliphatic heterocycles. The van der Waals surface area contributed by atoms with Crippen molar-refractivity contribution in [1.29, 1.82) is 0 Å². The van der Waals surface area contributed by atoms with Crippen molar-refractivity contribution in [2.45, 2.75) is 38.3 Å². The fourth-order valence-electron chi connectivity index (χ4n) is 3.26. The number of carbonyl (C=O) groups excluding carboxylic acids is 1. The number of aromatic nitrogens is 3. The van der Waals surface area contributed by atoms with Crippen LogP contribution in [-0.4, -0.2) is 41.9 Å². The molecule has 152 valence electrons. The van der Waals surface area contributed by atoms with Gasteiger partial charge in [-0.15, -0.1) is 0 Å². The van der Waals surface area contributed by atoms with E-state index in [1.807, 2.05) is 18.7 Å². The summed E-state index contributed by atoms with van der Waals surface area (Å²) in [5, 5.41) is -0.0300. The van der Waals surface area contributed by atoms with Crippen LogP contribution in [0.2, 0.25) is 0 Å². The Morgan fingerprint density at radius 2 is 2.14 bits per heavy atom. The van der Waals surface area contributed by atoms with Crippen LogP contribution in [0.15, 0.2) is 35.9 Å². The molecule has 2 aromatic heterocycles. The van der Waals surface area contributed by atoms with Crippen LogP contribution in [0.1, 0.15) is 26.7 Å². The van der Waals surface area contributed by atoms with Crippen molar-refractivity contribution in [3.05, 3.63) is 30.9 Å². The summed E-state index contributed by atoms with van der Waals surface area (Å²) in [7, 11) is -3.78. The van der Waals surface area contributed by atoms with Crippen molar-refractivity contribution < 1.29 is 13.2 Å². The van der Waals surface area contributed by atoms with Crippen molar-refractivity contribution in [3.8, 4) is 0 Å². The van der Waals surface area contributed by atoms with E-state index in [0.717, 1.165) is 19.4 Å². The molecule has 10 heteroatoms. The number of nitrogens with two attached hydrogens (primary N) is 1. The first-order chi connectivity index (χ1) is 13.2. The number of imidazole rings is 1. The zero-order chi connectivity index (χ0) is 20.3. The van der Waals surface area contributed by atoms with Crippen LogP contribution in [0.4, 0.5) is 11.5 Å². The molecular weight excluding hydrogens is 380 g/mol. The van der Waals surface area contributed by atoms with E-state index in [1.54, 1.807) is 16.7 Å². The second kappa shape index (κ2) is 8.17. The highest BCUT2D eigenvalue weighted by molar-refractivity contribution is 7.92. The zero-order valence-electron chi connectivity index (χ0n) is 16.1. The summed E-state index contributed by atoms with van der Waals surface area (Å²) in [6.45, 7) is 6.11. The summed E-state index contributed by atoms with van der Waals surface area (Å²) in [4.78, 5) is 21.8. The average molecular weight is 407 g/mol. The topological polar surface area (TPSA) is 123 Å². The van der Waals surface area contributed by atoms with Crippen molar-refractivity contribution in [3.63, 3.8) is 0 Å². The maximum atomic E-state index is 12.5. The molecule has 1 fully saturated rings. The molecule has 0 radical (unpaired) electrons. The summed E-state index contributed by atoms with van der Waals surface area (Å²) in [6.07, 6.45) is 6.14. The first-order valence-electron chi connectivity index (χ1n) is 9.29. The van der Waals surface area contributed by atoms with Crippen LogP contribution in [0.3, 0.4) is 0 Å². The predicted molar refractivity (Wildman–Crippen MR) is 106 cm³/mol. The van der Waals surface area contributed by atoms with Gasteiger partial charge < -0.3 is 15.2 Å². The van der Waals surface area contributed by atoms with Gasteiger partial charge in [0.2, 0.25) is 5.91 Å². The molecule has 1 aliphatic rings. The minimum atomic E-state index is -3.78. The minimum absolute atomic E-state index is 0.0300. The maximum absolute atomic E-state index is 12.5. The molecule has 1 unspecified atom stereocenters. The third-order valence-electron chi connectivity index (χ3n) is 4.61. The standard InChI is InChI=1S/C18H26N6O3S/c1-13(2)9-23-11-17(21-12-23)28(26,27)22-15-5-6-16(20-8-15)24-7-3-4-14(10-24)18(19)25/h5-6,8,11-14,22H,3-4,7,9-10H2,1-2H3,(H2,19,25). The molecule has 0 bridgehead atoms. The molecular formula is C18H26N6O3S. The molecule has 9 nitrogen and oxygen atoms in total. The Balaban J connectivity index is 1.68. The smallest absolute Gasteiger partial charge is 0.280 e. The van der Waals surface area contributed by atoms with Gasteiger partial charge in [-0.25, -0.2) is 9.97 Å². The lowest BCUT2D eigenvalue weighted by Gasteiger charge is -2.32.